The summed E-state index contributed by atoms with van der Waals surface area (Å²) in [5.74, 6) is 0.266. The molecule has 0 bridgehead atoms. The SMILES string of the molecule is CC(=O)c1ccc(O)c(CN2C[C@@H](C)O[C@@H](C)C2)c1. The van der Waals surface area contributed by atoms with Crippen molar-refractivity contribution in [3.63, 3.8) is 0 Å². The van der Waals surface area contributed by atoms with Crippen LogP contribution in [0.4, 0.5) is 0 Å². The van der Waals surface area contributed by atoms with Gasteiger partial charge in [-0.1, -0.05) is 0 Å². The highest BCUT2D eigenvalue weighted by molar-refractivity contribution is 5.94. The Hall–Kier alpha value is -1.39. The van der Waals surface area contributed by atoms with E-state index >= 15 is 0 Å². The van der Waals surface area contributed by atoms with Gasteiger partial charge in [0.05, 0.1) is 12.2 Å². The van der Waals surface area contributed by atoms with E-state index in [1.807, 2.05) is 0 Å². The summed E-state index contributed by atoms with van der Waals surface area (Å²) >= 11 is 0. The maximum absolute atomic E-state index is 11.4. The Bertz CT molecular complexity index is 462. The average molecular weight is 263 g/mol. The second-order valence-electron chi connectivity index (χ2n) is 5.35. The van der Waals surface area contributed by atoms with Crippen LogP contribution < -0.4 is 0 Å². The van der Waals surface area contributed by atoms with Gasteiger partial charge in [0.2, 0.25) is 0 Å². The van der Waals surface area contributed by atoms with Gasteiger partial charge < -0.3 is 9.84 Å². The zero-order valence-corrected chi connectivity index (χ0v) is 11.7. The minimum Gasteiger partial charge on any atom is -0.508 e. The van der Waals surface area contributed by atoms with Gasteiger partial charge in [0.1, 0.15) is 5.75 Å². The van der Waals surface area contributed by atoms with Crippen LogP contribution in [0.5, 0.6) is 5.75 Å². The number of phenolic OH excluding ortho intramolecular Hbond substituents is 1. The zero-order valence-electron chi connectivity index (χ0n) is 11.7. The monoisotopic (exact) mass is 263 g/mol. The number of nitrogens with zero attached hydrogens (tertiary/aromatic N) is 1. The average Bonchev–Trinajstić information content (AvgIpc) is 2.30. The molecule has 4 heteroatoms. The predicted octanol–water partition coefficient (Wildman–Crippen LogP) is 2.20. The Labute approximate surface area is 114 Å². The Kier molecular flexibility index (Phi) is 4.22. The molecule has 2 atom stereocenters. The topological polar surface area (TPSA) is 49.8 Å². The standard InChI is InChI=1S/C15H21NO3/c1-10-7-16(8-11(2)19-10)9-14-6-13(12(3)17)4-5-15(14)18/h4-6,10-11,18H,7-9H2,1-3H3/t10-,11+. The van der Waals surface area contributed by atoms with Crippen LogP contribution in [-0.2, 0) is 11.3 Å². The van der Waals surface area contributed by atoms with Crippen molar-refractivity contribution in [3.05, 3.63) is 29.3 Å². The van der Waals surface area contributed by atoms with Crippen LogP contribution in [0.25, 0.3) is 0 Å². The van der Waals surface area contributed by atoms with Crippen LogP contribution in [0, 0.1) is 0 Å². The lowest BCUT2D eigenvalue weighted by atomic mass is 10.1. The summed E-state index contributed by atoms with van der Waals surface area (Å²) < 4.78 is 5.69. The van der Waals surface area contributed by atoms with E-state index in [1.165, 1.54) is 6.92 Å². The Balaban J connectivity index is 2.13. The van der Waals surface area contributed by atoms with Crippen molar-refractivity contribution < 1.29 is 14.6 Å². The Morgan fingerprint density at radius 1 is 1.37 bits per heavy atom. The number of carbonyl (C=O) groups is 1. The molecule has 1 aliphatic heterocycles. The summed E-state index contributed by atoms with van der Waals surface area (Å²) in [4.78, 5) is 13.6. The first-order valence-corrected chi connectivity index (χ1v) is 6.66. The molecular formula is C15H21NO3. The fourth-order valence-electron chi connectivity index (χ4n) is 2.59. The molecule has 0 aliphatic carbocycles. The number of ketones is 1. The summed E-state index contributed by atoms with van der Waals surface area (Å²) in [5.41, 5.74) is 1.44. The smallest absolute Gasteiger partial charge is 0.159 e. The molecular weight excluding hydrogens is 242 g/mol. The number of hydrogen-bond donors (Lipinski definition) is 1. The van der Waals surface area contributed by atoms with Gasteiger partial charge in [-0.15, -0.1) is 0 Å². The van der Waals surface area contributed by atoms with Crippen molar-refractivity contribution in [2.45, 2.75) is 39.5 Å². The van der Waals surface area contributed by atoms with E-state index in [1.54, 1.807) is 18.2 Å². The Morgan fingerprint density at radius 2 is 2.00 bits per heavy atom. The molecule has 0 unspecified atom stereocenters. The minimum atomic E-state index is 0.0185. The Morgan fingerprint density at radius 3 is 2.58 bits per heavy atom. The highest BCUT2D eigenvalue weighted by Gasteiger charge is 2.22. The van der Waals surface area contributed by atoms with Gasteiger partial charge >= 0.3 is 0 Å². The molecule has 4 nitrogen and oxygen atoms in total. The number of ether oxygens (including phenoxy) is 1. The fraction of sp³-hybridized carbons (Fsp3) is 0.533. The number of Topliss-reactive ketones (excluding diaryl/α,β-unsaturated/α-hetero) is 1. The molecule has 1 aliphatic rings. The predicted molar refractivity (Wildman–Crippen MR) is 73.4 cm³/mol. The largest absolute Gasteiger partial charge is 0.508 e. The first kappa shape index (κ1) is 14.0. The van der Waals surface area contributed by atoms with E-state index in [-0.39, 0.29) is 23.7 Å². The number of hydrogen-bond acceptors (Lipinski definition) is 4. The van der Waals surface area contributed by atoms with Gasteiger partial charge in [-0.2, -0.15) is 0 Å². The van der Waals surface area contributed by atoms with Crippen LogP contribution in [-0.4, -0.2) is 41.1 Å². The van der Waals surface area contributed by atoms with Crippen molar-refractivity contribution in [3.8, 4) is 5.75 Å². The van der Waals surface area contributed by atoms with Crippen LogP contribution in [0.15, 0.2) is 18.2 Å². The third-order valence-corrected chi connectivity index (χ3v) is 3.38. The molecule has 104 valence electrons. The minimum absolute atomic E-state index is 0.0185. The summed E-state index contributed by atoms with van der Waals surface area (Å²) in [7, 11) is 0. The van der Waals surface area contributed by atoms with Gasteiger partial charge in [0.15, 0.2) is 5.78 Å². The van der Waals surface area contributed by atoms with Gasteiger partial charge in [0.25, 0.3) is 0 Å². The molecule has 1 N–H and O–H groups in total. The van der Waals surface area contributed by atoms with E-state index in [4.69, 9.17) is 4.74 Å². The van der Waals surface area contributed by atoms with Crippen molar-refractivity contribution in [1.82, 2.24) is 4.90 Å². The molecule has 0 aromatic heterocycles. The van der Waals surface area contributed by atoms with Crippen molar-refractivity contribution in [2.75, 3.05) is 13.1 Å². The lowest BCUT2D eigenvalue weighted by molar-refractivity contribution is -0.0706. The highest BCUT2D eigenvalue weighted by Crippen LogP contribution is 2.22. The maximum Gasteiger partial charge on any atom is 0.159 e. The number of morpholine rings is 1. The first-order chi connectivity index (χ1) is 8.95. The van der Waals surface area contributed by atoms with Crippen molar-refractivity contribution in [2.24, 2.45) is 0 Å². The molecule has 1 saturated heterocycles. The van der Waals surface area contributed by atoms with E-state index in [0.717, 1.165) is 18.7 Å². The summed E-state index contributed by atoms with van der Waals surface area (Å²) in [6, 6.07) is 5.04. The highest BCUT2D eigenvalue weighted by atomic mass is 16.5. The molecule has 0 amide bonds. The molecule has 1 fully saturated rings. The fourth-order valence-corrected chi connectivity index (χ4v) is 2.59. The number of rotatable bonds is 3. The van der Waals surface area contributed by atoms with Gasteiger partial charge in [-0.3, -0.25) is 9.69 Å². The molecule has 0 radical (unpaired) electrons. The molecule has 1 heterocycles. The maximum atomic E-state index is 11.4. The van der Waals surface area contributed by atoms with Crippen LogP contribution in [0.3, 0.4) is 0 Å². The van der Waals surface area contributed by atoms with E-state index < -0.39 is 0 Å². The molecule has 1 aromatic carbocycles. The number of carbonyl (C=O) groups excluding carboxylic acids is 1. The third-order valence-electron chi connectivity index (χ3n) is 3.38. The van der Waals surface area contributed by atoms with Crippen molar-refractivity contribution in [1.29, 1.82) is 0 Å². The lowest BCUT2D eigenvalue weighted by Gasteiger charge is -2.35. The van der Waals surface area contributed by atoms with Crippen LogP contribution in [0.2, 0.25) is 0 Å². The van der Waals surface area contributed by atoms with Crippen LogP contribution in [0.1, 0.15) is 36.7 Å². The summed E-state index contributed by atoms with van der Waals surface area (Å²) in [5, 5.41) is 9.91. The van der Waals surface area contributed by atoms with E-state index in [2.05, 4.69) is 18.7 Å². The lowest BCUT2D eigenvalue weighted by Crippen LogP contribution is -2.44. The third kappa shape index (κ3) is 3.55. The first-order valence-electron chi connectivity index (χ1n) is 6.66. The second-order valence-corrected chi connectivity index (χ2v) is 5.35. The molecule has 19 heavy (non-hydrogen) atoms. The van der Waals surface area contributed by atoms with E-state index in [0.29, 0.717) is 12.1 Å². The van der Waals surface area contributed by atoms with Gasteiger partial charge in [-0.25, -0.2) is 0 Å². The van der Waals surface area contributed by atoms with Gasteiger partial charge in [-0.05, 0) is 39.0 Å². The number of benzene rings is 1. The zero-order chi connectivity index (χ0) is 14.0. The molecule has 2 rings (SSSR count). The number of aromatic hydroxyl groups is 1. The molecule has 0 spiro atoms. The number of phenols is 1. The van der Waals surface area contributed by atoms with Crippen LogP contribution >= 0.6 is 0 Å². The van der Waals surface area contributed by atoms with E-state index in [9.17, 15) is 9.90 Å². The normalized spacial score (nSPS) is 24.4. The quantitative estimate of drug-likeness (QED) is 0.849. The second kappa shape index (κ2) is 5.72. The molecule has 1 aromatic rings. The summed E-state index contributed by atoms with van der Waals surface area (Å²) in [6.45, 7) is 7.96. The van der Waals surface area contributed by atoms with Gasteiger partial charge in [0, 0.05) is 30.8 Å². The summed E-state index contributed by atoms with van der Waals surface area (Å²) in [6.07, 6.45) is 0.392. The van der Waals surface area contributed by atoms with Crippen molar-refractivity contribution >= 4 is 5.78 Å². The molecule has 0 saturated carbocycles.